The Hall–Kier alpha value is -1.32. The zero-order valence-corrected chi connectivity index (χ0v) is 20.7. The van der Waals surface area contributed by atoms with Gasteiger partial charge in [-0.2, -0.15) is 0 Å². The first kappa shape index (κ1) is 28.7. The topological polar surface area (TPSA) is 52.6 Å². The molecule has 0 aliphatic rings. The van der Waals surface area contributed by atoms with Gasteiger partial charge in [-0.25, -0.2) is 9.59 Å². The highest BCUT2D eigenvalue weighted by Crippen LogP contribution is 2.23. The summed E-state index contributed by atoms with van der Waals surface area (Å²) in [6, 6.07) is 0. The van der Waals surface area contributed by atoms with Gasteiger partial charge in [-0.1, -0.05) is 92.9 Å². The first-order chi connectivity index (χ1) is 14.3. The van der Waals surface area contributed by atoms with Gasteiger partial charge >= 0.3 is 11.9 Å². The highest BCUT2D eigenvalue weighted by Gasteiger charge is 2.23. The lowest BCUT2D eigenvalue weighted by molar-refractivity contribution is -0.143. The van der Waals surface area contributed by atoms with Crippen molar-refractivity contribution in [1.82, 2.24) is 0 Å². The Morgan fingerprint density at radius 3 is 1.33 bits per heavy atom. The van der Waals surface area contributed by atoms with Crippen LogP contribution in [-0.4, -0.2) is 25.2 Å². The zero-order chi connectivity index (χ0) is 22.8. The van der Waals surface area contributed by atoms with Gasteiger partial charge in [0.1, 0.15) is 0 Å². The first-order valence-electron chi connectivity index (χ1n) is 12.4. The zero-order valence-electron chi connectivity index (χ0n) is 20.7. The lowest BCUT2D eigenvalue weighted by Crippen LogP contribution is -2.20. The number of esters is 2. The van der Waals surface area contributed by atoms with E-state index < -0.39 is 0 Å². The van der Waals surface area contributed by atoms with E-state index in [9.17, 15) is 9.59 Å². The Morgan fingerprint density at radius 1 is 0.567 bits per heavy atom. The Bertz CT molecular complexity index is 491. The van der Waals surface area contributed by atoms with E-state index in [0.717, 1.165) is 25.7 Å². The summed E-state index contributed by atoms with van der Waals surface area (Å²) in [6.07, 6.45) is 12.6. The summed E-state index contributed by atoms with van der Waals surface area (Å²) in [5.41, 5.74) is 1.08. The Morgan fingerprint density at radius 2 is 0.933 bits per heavy atom. The van der Waals surface area contributed by atoms with Crippen LogP contribution in [0.5, 0.6) is 0 Å². The second kappa shape index (κ2) is 18.4. The van der Waals surface area contributed by atoms with Crippen LogP contribution in [0.2, 0.25) is 0 Å². The average Bonchev–Trinajstić information content (AvgIpc) is 2.70. The van der Waals surface area contributed by atoms with Crippen molar-refractivity contribution in [3.63, 3.8) is 0 Å². The molecular formula is C26H48O4. The third-order valence-corrected chi connectivity index (χ3v) is 5.01. The Kier molecular flexibility index (Phi) is 17.6. The number of unbranched alkanes of at least 4 members (excludes halogenated alkanes) is 8. The van der Waals surface area contributed by atoms with Gasteiger partial charge in [0.25, 0.3) is 0 Å². The quantitative estimate of drug-likeness (QED) is 0.131. The van der Waals surface area contributed by atoms with Gasteiger partial charge < -0.3 is 9.47 Å². The standard InChI is InChI=1S/C26H48O4/c1-7-9-11-12-13-14-15-16-18-24(26(28)30-20-22(5)6)23(17-10-8-2)25(27)29-19-21(3)4/h21-22H,7-20H2,1-6H3/b24-23-. The molecule has 0 aromatic carbocycles. The molecule has 0 fully saturated rings. The molecule has 0 saturated heterocycles. The molecule has 176 valence electrons. The molecular weight excluding hydrogens is 376 g/mol. The molecule has 0 radical (unpaired) electrons. The third kappa shape index (κ3) is 14.6. The van der Waals surface area contributed by atoms with E-state index in [1.807, 2.05) is 27.7 Å². The number of carbonyl (C=O) groups excluding carboxylic acids is 2. The van der Waals surface area contributed by atoms with Crippen LogP contribution in [0.1, 0.15) is 119 Å². The molecule has 0 atom stereocenters. The van der Waals surface area contributed by atoms with Crippen LogP contribution in [0.3, 0.4) is 0 Å². The maximum Gasteiger partial charge on any atom is 0.334 e. The maximum atomic E-state index is 12.8. The Labute approximate surface area is 186 Å². The van der Waals surface area contributed by atoms with Crippen molar-refractivity contribution < 1.29 is 19.1 Å². The number of hydrogen-bond acceptors (Lipinski definition) is 4. The molecule has 0 heterocycles. The summed E-state index contributed by atoms with van der Waals surface area (Å²) in [5, 5.41) is 0. The molecule has 0 aliphatic heterocycles. The minimum atomic E-state index is -0.340. The van der Waals surface area contributed by atoms with Gasteiger partial charge in [-0.3, -0.25) is 0 Å². The van der Waals surface area contributed by atoms with Crippen molar-refractivity contribution >= 4 is 11.9 Å². The normalized spacial score (nSPS) is 12.3. The highest BCUT2D eigenvalue weighted by molar-refractivity contribution is 6.00. The van der Waals surface area contributed by atoms with E-state index in [1.54, 1.807) is 0 Å². The molecule has 4 nitrogen and oxygen atoms in total. The predicted molar refractivity (Wildman–Crippen MR) is 125 cm³/mol. The SMILES string of the molecule is CCCCCCCCCC/C(C(=O)OCC(C)C)=C(\CCCC)C(=O)OCC(C)C. The summed E-state index contributed by atoms with van der Waals surface area (Å²) in [4.78, 5) is 25.6. The molecule has 0 N–H and O–H groups in total. The van der Waals surface area contributed by atoms with Crippen molar-refractivity contribution in [3.05, 3.63) is 11.1 Å². The van der Waals surface area contributed by atoms with Crippen LogP contribution in [-0.2, 0) is 19.1 Å². The lowest BCUT2D eigenvalue weighted by atomic mass is 9.96. The molecule has 0 aromatic heterocycles. The maximum absolute atomic E-state index is 12.8. The monoisotopic (exact) mass is 424 g/mol. The molecule has 0 aromatic rings. The summed E-state index contributed by atoms with van der Waals surface area (Å²) in [7, 11) is 0. The van der Waals surface area contributed by atoms with E-state index in [1.165, 1.54) is 38.5 Å². The van der Waals surface area contributed by atoms with Crippen LogP contribution < -0.4 is 0 Å². The molecule has 4 heteroatoms. The number of hydrogen-bond donors (Lipinski definition) is 0. The van der Waals surface area contributed by atoms with Crippen LogP contribution in [0, 0.1) is 11.8 Å². The van der Waals surface area contributed by atoms with Crippen LogP contribution >= 0.6 is 0 Å². The minimum Gasteiger partial charge on any atom is -0.462 e. The Balaban J connectivity index is 5.14. The second-order valence-corrected chi connectivity index (χ2v) is 9.27. The molecule has 0 bridgehead atoms. The predicted octanol–water partition coefficient (Wildman–Crippen LogP) is 7.40. The summed E-state index contributed by atoms with van der Waals surface area (Å²) in [5.74, 6) is -0.136. The third-order valence-electron chi connectivity index (χ3n) is 5.01. The van der Waals surface area contributed by atoms with Crippen molar-refractivity contribution in [2.75, 3.05) is 13.2 Å². The average molecular weight is 425 g/mol. The fourth-order valence-corrected chi connectivity index (χ4v) is 3.20. The van der Waals surface area contributed by atoms with Gasteiger partial charge in [-0.15, -0.1) is 0 Å². The van der Waals surface area contributed by atoms with Crippen molar-refractivity contribution in [2.24, 2.45) is 11.8 Å². The van der Waals surface area contributed by atoms with E-state index in [0.29, 0.717) is 37.2 Å². The van der Waals surface area contributed by atoms with E-state index in [-0.39, 0.29) is 23.8 Å². The number of ether oxygens (including phenoxy) is 2. The fraction of sp³-hybridized carbons (Fsp3) is 0.846. The molecule has 0 amide bonds. The van der Waals surface area contributed by atoms with Gasteiger partial charge in [0.15, 0.2) is 0 Å². The van der Waals surface area contributed by atoms with Crippen molar-refractivity contribution in [3.8, 4) is 0 Å². The fourth-order valence-electron chi connectivity index (χ4n) is 3.20. The largest absolute Gasteiger partial charge is 0.462 e. The molecule has 0 unspecified atom stereocenters. The van der Waals surface area contributed by atoms with Gasteiger partial charge in [-0.05, 0) is 37.5 Å². The van der Waals surface area contributed by atoms with Crippen LogP contribution in [0.25, 0.3) is 0 Å². The molecule has 0 aliphatic carbocycles. The summed E-state index contributed by atoms with van der Waals surface area (Å²) >= 11 is 0. The first-order valence-corrected chi connectivity index (χ1v) is 12.4. The van der Waals surface area contributed by atoms with E-state index in [4.69, 9.17) is 9.47 Å². The van der Waals surface area contributed by atoms with Crippen molar-refractivity contribution in [2.45, 2.75) is 119 Å². The van der Waals surface area contributed by atoms with Crippen LogP contribution in [0.15, 0.2) is 11.1 Å². The van der Waals surface area contributed by atoms with Gasteiger partial charge in [0, 0.05) is 11.1 Å². The molecule has 0 saturated carbocycles. The second-order valence-electron chi connectivity index (χ2n) is 9.27. The summed E-state index contributed by atoms with van der Waals surface area (Å²) < 4.78 is 11.0. The lowest BCUT2D eigenvalue weighted by Gasteiger charge is -2.16. The van der Waals surface area contributed by atoms with Crippen LogP contribution in [0.4, 0.5) is 0 Å². The molecule has 0 spiro atoms. The summed E-state index contributed by atoms with van der Waals surface area (Å²) in [6.45, 7) is 13.1. The number of rotatable bonds is 18. The smallest absolute Gasteiger partial charge is 0.334 e. The highest BCUT2D eigenvalue weighted by atomic mass is 16.5. The van der Waals surface area contributed by atoms with Gasteiger partial charge in [0.2, 0.25) is 0 Å². The van der Waals surface area contributed by atoms with E-state index in [2.05, 4.69) is 13.8 Å². The van der Waals surface area contributed by atoms with Crippen molar-refractivity contribution in [1.29, 1.82) is 0 Å². The molecule has 0 rings (SSSR count). The van der Waals surface area contributed by atoms with E-state index >= 15 is 0 Å². The number of carbonyl (C=O) groups is 2. The van der Waals surface area contributed by atoms with Gasteiger partial charge in [0.05, 0.1) is 13.2 Å². The molecule has 30 heavy (non-hydrogen) atoms. The minimum absolute atomic E-state index is 0.269.